The summed E-state index contributed by atoms with van der Waals surface area (Å²) in [5, 5.41) is 15.2. The van der Waals surface area contributed by atoms with E-state index in [4.69, 9.17) is 6.57 Å². The van der Waals surface area contributed by atoms with Crippen LogP contribution in [0.3, 0.4) is 0 Å². The molecule has 0 N–H and O–H groups in total. The number of aromatic nitrogens is 2. The predicted octanol–water partition coefficient (Wildman–Crippen LogP) is 23.7. The van der Waals surface area contributed by atoms with Gasteiger partial charge in [0, 0.05) is 77.9 Å². The van der Waals surface area contributed by atoms with Crippen molar-refractivity contribution in [2.75, 3.05) is 9.80 Å². The summed E-state index contributed by atoms with van der Waals surface area (Å²) >= 11 is 0. The fourth-order valence-corrected chi connectivity index (χ4v) is 16.5. The van der Waals surface area contributed by atoms with Gasteiger partial charge in [-0.3, -0.25) is 0 Å². The van der Waals surface area contributed by atoms with Gasteiger partial charge in [0.25, 0.3) is 6.71 Å². The van der Waals surface area contributed by atoms with E-state index in [1.54, 1.807) is 0 Å². The van der Waals surface area contributed by atoms with Crippen LogP contribution >= 0.6 is 0 Å². The summed E-state index contributed by atoms with van der Waals surface area (Å²) in [6, 6.07) is 127. The Kier molecular flexibility index (Phi) is 14.2. The van der Waals surface area contributed by atoms with Crippen molar-refractivity contribution in [1.82, 2.24) is 9.13 Å². The lowest BCUT2D eigenvalue weighted by Gasteiger charge is -2.46. The molecule has 0 atom stereocenters. The Balaban J connectivity index is 1.00. The highest BCUT2D eigenvalue weighted by Crippen LogP contribution is 2.56. The standard InChI is InChI=1S/C96H65BN6/c1-96(2,3)71-57-91-93-92(58-71)103(95-80(66-31-15-8-16-32-66)54-70(64-27-11-6-12-28-64)56-82(95)68-45-47-72(99-4)48-46-68)90-60-74(101-87-39-23-19-35-77(87)78-36-20-24-40-88(78)101)50-52-84(90)97(93)83-51-49-73(100-85-37-21-17-33-75(85)76-34-18-22-38-86(76)100)59-89(83)102(91)94-79(65-29-13-7-14-30-65)53-69(63-25-9-5-10-26-63)55-81(94)67-43-41-62(61-98)42-44-67/h5-60H,1-3H3. The van der Waals surface area contributed by atoms with Crippen LogP contribution in [0.1, 0.15) is 31.9 Å². The molecule has 15 aromatic carbocycles. The van der Waals surface area contributed by atoms with Crippen LogP contribution in [0.25, 0.3) is 127 Å². The van der Waals surface area contributed by atoms with Gasteiger partial charge in [0.15, 0.2) is 5.69 Å². The number of rotatable bonds is 10. The molecular weight excluding hydrogens is 1250 g/mol. The molecule has 0 spiro atoms. The first-order valence-corrected chi connectivity index (χ1v) is 35.3. The van der Waals surface area contributed by atoms with Crippen LogP contribution in [0.4, 0.5) is 39.8 Å². The molecule has 2 aromatic heterocycles. The van der Waals surface area contributed by atoms with E-state index in [9.17, 15) is 5.26 Å². The van der Waals surface area contributed by atoms with Gasteiger partial charge in [-0.15, -0.1) is 0 Å². The normalized spacial score (nSPS) is 12.3. The number of benzene rings is 15. The van der Waals surface area contributed by atoms with Gasteiger partial charge >= 0.3 is 0 Å². The van der Waals surface area contributed by atoms with Crippen molar-refractivity contribution < 1.29 is 0 Å². The van der Waals surface area contributed by atoms with E-state index in [0.717, 1.165) is 151 Å². The van der Waals surface area contributed by atoms with E-state index in [-0.39, 0.29) is 6.71 Å². The van der Waals surface area contributed by atoms with Crippen molar-refractivity contribution in [3.05, 3.63) is 362 Å². The smallest absolute Gasteiger partial charge is 0.252 e. The van der Waals surface area contributed by atoms with Crippen LogP contribution in [-0.2, 0) is 5.41 Å². The third-order valence-corrected chi connectivity index (χ3v) is 21.3. The molecule has 0 saturated carbocycles. The first kappa shape index (κ1) is 60.7. The van der Waals surface area contributed by atoms with Gasteiger partial charge in [-0.05, 0) is 169 Å². The summed E-state index contributed by atoms with van der Waals surface area (Å²) in [6.07, 6.45) is 0. The van der Waals surface area contributed by atoms with Gasteiger partial charge < -0.3 is 18.9 Å². The lowest BCUT2D eigenvalue weighted by Crippen LogP contribution is -2.61. The molecule has 0 amide bonds. The minimum Gasteiger partial charge on any atom is -0.310 e. The molecule has 0 aliphatic carbocycles. The maximum absolute atomic E-state index is 10.5. The lowest BCUT2D eigenvalue weighted by molar-refractivity contribution is 0.590. The average Bonchev–Trinajstić information content (AvgIpc) is 0.814. The number of nitrogens with zero attached hydrogens (tertiary/aromatic N) is 6. The van der Waals surface area contributed by atoms with Crippen molar-refractivity contribution in [1.29, 1.82) is 5.26 Å². The van der Waals surface area contributed by atoms with Gasteiger partial charge in [-0.2, -0.15) is 5.26 Å². The molecule has 482 valence electrons. The number of nitriles is 1. The SMILES string of the molecule is [C-]#[N+]c1ccc(-c2cc(-c3ccccc3)cc(-c3ccccc3)c2N2c3cc(-n4c5ccccc5c5ccccc54)ccc3B3c4ccc(-n5c6ccccc6c6ccccc65)cc4N(c4c(-c5ccccc5)cc(-c5ccccc5)cc4-c4ccc(C#N)cc4)c4cc(C(C)(C)C)cc2c43)cc1. The summed E-state index contributed by atoms with van der Waals surface area (Å²) in [6.45, 7) is 15.0. The van der Waals surface area contributed by atoms with Crippen LogP contribution in [0.2, 0.25) is 0 Å². The highest BCUT2D eigenvalue weighted by Gasteiger charge is 2.46. The average molecular weight is 1310 g/mol. The molecule has 103 heavy (non-hydrogen) atoms. The van der Waals surface area contributed by atoms with E-state index in [2.05, 4.69) is 366 Å². The molecule has 0 bridgehead atoms. The zero-order chi connectivity index (χ0) is 69.0. The molecule has 0 unspecified atom stereocenters. The summed E-state index contributed by atoms with van der Waals surface area (Å²) in [4.78, 5) is 9.22. The minimum absolute atomic E-state index is 0.316. The van der Waals surface area contributed by atoms with Gasteiger partial charge in [0.1, 0.15) is 0 Å². The van der Waals surface area contributed by atoms with Gasteiger partial charge in [-0.25, -0.2) is 4.85 Å². The highest BCUT2D eigenvalue weighted by atomic mass is 15.2. The maximum Gasteiger partial charge on any atom is 0.252 e. The van der Waals surface area contributed by atoms with E-state index >= 15 is 0 Å². The number of para-hydroxylation sites is 4. The molecular formula is C96H65BN6. The largest absolute Gasteiger partial charge is 0.310 e. The van der Waals surface area contributed by atoms with Crippen molar-refractivity contribution in [2.24, 2.45) is 0 Å². The molecule has 2 aliphatic heterocycles. The topological polar surface area (TPSA) is 44.5 Å². The molecule has 6 nitrogen and oxygen atoms in total. The van der Waals surface area contributed by atoms with Crippen LogP contribution in [0, 0.1) is 17.9 Å². The van der Waals surface area contributed by atoms with Crippen LogP contribution in [0.15, 0.2) is 340 Å². The Labute approximate surface area is 599 Å². The van der Waals surface area contributed by atoms with Crippen LogP contribution < -0.4 is 26.2 Å². The van der Waals surface area contributed by atoms with Crippen molar-refractivity contribution in [3.8, 4) is 84.2 Å². The molecule has 0 fully saturated rings. The monoisotopic (exact) mass is 1310 g/mol. The molecule has 0 saturated heterocycles. The summed E-state index contributed by atoms with van der Waals surface area (Å²) in [5.41, 5.74) is 30.9. The number of anilines is 6. The number of hydrogen-bond acceptors (Lipinski definition) is 3. The second-order valence-corrected chi connectivity index (χ2v) is 28.2. The summed E-state index contributed by atoms with van der Waals surface area (Å²) in [7, 11) is 0. The molecule has 7 heteroatoms. The highest BCUT2D eigenvalue weighted by molar-refractivity contribution is 7.00. The van der Waals surface area contributed by atoms with Gasteiger partial charge in [0.05, 0.1) is 51.6 Å². The Morgan fingerprint density at radius 3 is 1.01 bits per heavy atom. The summed E-state index contributed by atoms with van der Waals surface area (Å²) < 4.78 is 4.92. The Morgan fingerprint density at radius 2 is 0.660 bits per heavy atom. The van der Waals surface area contributed by atoms with E-state index < -0.39 is 5.41 Å². The predicted molar refractivity (Wildman–Crippen MR) is 431 cm³/mol. The second-order valence-electron chi connectivity index (χ2n) is 28.2. The third-order valence-electron chi connectivity index (χ3n) is 21.3. The maximum atomic E-state index is 10.5. The minimum atomic E-state index is -0.401. The lowest BCUT2D eigenvalue weighted by atomic mass is 9.33. The zero-order valence-electron chi connectivity index (χ0n) is 57.1. The van der Waals surface area contributed by atoms with Gasteiger partial charge in [-0.1, -0.05) is 263 Å². The molecule has 2 aliphatic rings. The van der Waals surface area contributed by atoms with E-state index in [0.29, 0.717) is 11.3 Å². The Hall–Kier alpha value is -13.5. The number of fused-ring (bicyclic) bond motifs is 10. The summed E-state index contributed by atoms with van der Waals surface area (Å²) in [5.74, 6) is 0. The number of hydrogen-bond donors (Lipinski definition) is 0. The zero-order valence-corrected chi connectivity index (χ0v) is 57.1. The van der Waals surface area contributed by atoms with Crippen molar-refractivity contribution in [3.63, 3.8) is 0 Å². The molecule has 4 heterocycles. The molecule has 0 radical (unpaired) electrons. The van der Waals surface area contributed by atoms with E-state index in [1.165, 1.54) is 27.0 Å². The molecule has 17 aromatic rings. The Bertz CT molecular complexity index is 5870. The first-order chi connectivity index (χ1) is 50.6. The fourth-order valence-electron chi connectivity index (χ4n) is 16.5. The van der Waals surface area contributed by atoms with Gasteiger partial charge in [0.2, 0.25) is 0 Å². The van der Waals surface area contributed by atoms with Crippen molar-refractivity contribution >= 4 is 107 Å². The Morgan fingerprint density at radius 1 is 0.330 bits per heavy atom. The van der Waals surface area contributed by atoms with Crippen LogP contribution in [0.5, 0.6) is 0 Å². The third kappa shape index (κ3) is 9.92. The van der Waals surface area contributed by atoms with Crippen LogP contribution in [-0.4, -0.2) is 15.8 Å². The quantitative estimate of drug-likeness (QED) is 0.101. The second kappa shape index (κ2) is 24.2. The van der Waals surface area contributed by atoms with E-state index in [1.807, 2.05) is 24.3 Å². The fraction of sp³-hybridized carbons (Fsp3) is 0.0417. The first-order valence-electron chi connectivity index (χ1n) is 35.3. The molecule has 19 rings (SSSR count). The van der Waals surface area contributed by atoms with Crippen molar-refractivity contribution in [2.45, 2.75) is 26.2 Å².